The number of hydrogen-bond acceptors (Lipinski definition) is 4. The third-order valence-electron chi connectivity index (χ3n) is 5.01. The molecule has 0 aliphatic carbocycles. The van der Waals surface area contributed by atoms with Gasteiger partial charge in [0, 0.05) is 42.6 Å². The molecule has 0 bridgehead atoms. The summed E-state index contributed by atoms with van der Waals surface area (Å²) in [5.41, 5.74) is 9.09. The number of nitrogen functional groups attached to an aromatic ring is 1. The summed E-state index contributed by atoms with van der Waals surface area (Å²) in [5, 5.41) is 5.14. The molecule has 1 saturated heterocycles. The van der Waals surface area contributed by atoms with Gasteiger partial charge in [-0.1, -0.05) is 11.6 Å². The molecule has 0 saturated carbocycles. The summed E-state index contributed by atoms with van der Waals surface area (Å²) in [5.74, 6) is 0.482. The van der Waals surface area contributed by atoms with Crippen molar-refractivity contribution < 1.29 is 9.53 Å². The number of hydrogen-bond donors (Lipinski definition) is 1. The number of aryl methyl sites for hydroxylation is 1. The first-order chi connectivity index (χ1) is 13.1. The minimum Gasteiger partial charge on any atom is -0.444 e. The third kappa shape index (κ3) is 4.98. The van der Waals surface area contributed by atoms with Gasteiger partial charge in [-0.25, -0.2) is 4.79 Å². The zero-order valence-electron chi connectivity index (χ0n) is 17.0. The number of likely N-dealkylation sites (tertiary alicyclic amines) is 1. The maximum atomic E-state index is 12.2. The lowest BCUT2D eigenvalue weighted by molar-refractivity contribution is 0.0177. The lowest BCUT2D eigenvalue weighted by atomic mass is 9.97. The van der Waals surface area contributed by atoms with Crippen molar-refractivity contribution in [1.82, 2.24) is 14.7 Å². The van der Waals surface area contributed by atoms with Gasteiger partial charge in [0.1, 0.15) is 5.60 Å². The van der Waals surface area contributed by atoms with Gasteiger partial charge in [-0.3, -0.25) is 4.68 Å². The SMILES string of the molecule is Cc1cc(-c2cnn(CC3CCN(C(=O)OC(C)(C)C)CC3)c2)c(Cl)cc1N. The Labute approximate surface area is 171 Å². The minimum atomic E-state index is -0.457. The average molecular weight is 405 g/mol. The predicted octanol–water partition coefficient (Wildman–Crippen LogP) is 4.74. The fourth-order valence-corrected chi connectivity index (χ4v) is 3.69. The van der Waals surface area contributed by atoms with Crippen LogP contribution >= 0.6 is 11.6 Å². The molecular formula is C21H29ClN4O2. The number of ether oxygens (including phenoxy) is 1. The number of aromatic nitrogens is 2. The molecule has 1 aromatic heterocycles. The average Bonchev–Trinajstić information content (AvgIpc) is 3.05. The molecular weight excluding hydrogens is 376 g/mol. The Balaban J connectivity index is 1.58. The molecule has 1 aliphatic heterocycles. The zero-order chi connectivity index (χ0) is 20.5. The number of anilines is 1. The molecule has 0 radical (unpaired) electrons. The van der Waals surface area contributed by atoms with E-state index in [1.807, 2.05) is 50.8 Å². The van der Waals surface area contributed by atoms with Gasteiger partial charge < -0.3 is 15.4 Å². The molecule has 1 fully saturated rings. The van der Waals surface area contributed by atoms with Crippen LogP contribution in [0.4, 0.5) is 10.5 Å². The largest absolute Gasteiger partial charge is 0.444 e. The number of nitrogens with zero attached hydrogens (tertiary/aromatic N) is 3. The van der Waals surface area contributed by atoms with Crippen molar-refractivity contribution in [3.8, 4) is 11.1 Å². The molecule has 2 heterocycles. The highest BCUT2D eigenvalue weighted by atomic mass is 35.5. The molecule has 28 heavy (non-hydrogen) atoms. The fraction of sp³-hybridized carbons (Fsp3) is 0.524. The molecule has 3 rings (SSSR count). The highest BCUT2D eigenvalue weighted by Gasteiger charge is 2.27. The van der Waals surface area contributed by atoms with Crippen LogP contribution in [0.1, 0.15) is 39.2 Å². The van der Waals surface area contributed by atoms with Crippen LogP contribution in [0, 0.1) is 12.8 Å². The van der Waals surface area contributed by atoms with Gasteiger partial charge in [0.2, 0.25) is 0 Å². The molecule has 1 aromatic carbocycles. The van der Waals surface area contributed by atoms with Crippen molar-refractivity contribution in [2.24, 2.45) is 5.92 Å². The highest BCUT2D eigenvalue weighted by Crippen LogP contribution is 2.32. The topological polar surface area (TPSA) is 73.4 Å². The number of piperidine rings is 1. The summed E-state index contributed by atoms with van der Waals surface area (Å²) in [6, 6.07) is 3.79. The van der Waals surface area contributed by atoms with Crippen LogP contribution in [0.3, 0.4) is 0 Å². The fourth-order valence-electron chi connectivity index (χ4n) is 3.41. The first kappa shape index (κ1) is 20.5. The molecule has 152 valence electrons. The van der Waals surface area contributed by atoms with E-state index in [1.165, 1.54) is 0 Å². The second-order valence-electron chi connectivity index (χ2n) is 8.55. The van der Waals surface area contributed by atoms with Crippen molar-refractivity contribution in [3.63, 3.8) is 0 Å². The zero-order valence-corrected chi connectivity index (χ0v) is 17.8. The number of halogens is 1. The Morgan fingerprint density at radius 2 is 2.00 bits per heavy atom. The first-order valence-corrected chi connectivity index (χ1v) is 10.1. The van der Waals surface area contributed by atoms with Crippen LogP contribution in [0.2, 0.25) is 5.02 Å². The van der Waals surface area contributed by atoms with Gasteiger partial charge in [0.25, 0.3) is 0 Å². The van der Waals surface area contributed by atoms with Gasteiger partial charge in [0.05, 0.1) is 11.2 Å². The maximum Gasteiger partial charge on any atom is 0.410 e. The minimum absolute atomic E-state index is 0.222. The van der Waals surface area contributed by atoms with E-state index in [0.29, 0.717) is 16.6 Å². The number of rotatable bonds is 3. The van der Waals surface area contributed by atoms with E-state index in [2.05, 4.69) is 5.10 Å². The van der Waals surface area contributed by atoms with Gasteiger partial charge >= 0.3 is 6.09 Å². The molecule has 1 amide bonds. The summed E-state index contributed by atoms with van der Waals surface area (Å²) in [4.78, 5) is 14.0. The molecule has 0 spiro atoms. The summed E-state index contributed by atoms with van der Waals surface area (Å²) < 4.78 is 7.42. The van der Waals surface area contributed by atoms with Crippen molar-refractivity contribution in [2.75, 3.05) is 18.8 Å². The second kappa shape index (κ2) is 8.03. The smallest absolute Gasteiger partial charge is 0.410 e. The summed E-state index contributed by atoms with van der Waals surface area (Å²) >= 11 is 6.36. The second-order valence-corrected chi connectivity index (χ2v) is 8.96. The Kier molecular flexibility index (Phi) is 5.89. The number of carbonyl (C=O) groups excluding carboxylic acids is 1. The maximum absolute atomic E-state index is 12.2. The molecule has 0 atom stereocenters. The van der Waals surface area contributed by atoms with Crippen LogP contribution in [-0.2, 0) is 11.3 Å². The third-order valence-corrected chi connectivity index (χ3v) is 5.32. The van der Waals surface area contributed by atoms with Crippen LogP contribution in [0.15, 0.2) is 24.5 Å². The monoisotopic (exact) mass is 404 g/mol. The number of carbonyl (C=O) groups is 1. The molecule has 2 aromatic rings. The van der Waals surface area contributed by atoms with Crippen LogP contribution in [0.5, 0.6) is 0 Å². The number of amides is 1. The van der Waals surface area contributed by atoms with Crippen molar-refractivity contribution in [2.45, 2.75) is 52.7 Å². The summed E-state index contributed by atoms with van der Waals surface area (Å²) in [6.07, 6.45) is 5.52. The normalized spacial score (nSPS) is 15.7. The Bertz CT molecular complexity index is 849. The quantitative estimate of drug-likeness (QED) is 0.749. The van der Waals surface area contributed by atoms with E-state index >= 15 is 0 Å². The van der Waals surface area contributed by atoms with E-state index < -0.39 is 5.60 Å². The van der Waals surface area contributed by atoms with Gasteiger partial charge in [0.15, 0.2) is 0 Å². The van der Waals surface area contributed by atoms with Crippen molar-refractivity contribution >= 4 is 23.4 Å². The van der Waals surface area contributed by atoms with E-state index in [0.717, 1.165) is 49.2 Å². The molecule has 1 aliphatic rings. The lowest BCUT2D eigenvalue weighted by Crippen LogP contribution is -2.42. The lowest BCUT2D eigenvalue weighted by Gasteiger charge is -2.33. The van der Waals surface area contributed by atoms with E-state index in [1.54, 1.807) is 11.0 Å². The molecule has 7 heteroatoms. The Morgan fingerprint density at radius 3 is 2.64 bits per heavy atom. The molecule has 0 unspecified atom stereocenters. The van der Waals surface area contributed by atoms with Gasteiger partial charge in [-0.2, -0.15) is 5.10 Å². The van der Waals surface area contributed by atoms with Crippen LogP contribution in [-0.4, -0.2) is 39.5 Å². The van der Waals surface area contributed by atoms with Crippen molar-refractivity contribution in [3.05, 3.63) is 35.1 Å². The van der Waals surface area contributed by atoms with E-state index in [9.17, 15) is 4.79 Å². The number of nitrogens with two attached hydrogens (primary N) is 1. The van der Waals surface area contributed by atoms with E-state index in [-0.39, 0.29) is 6.09 Å². The molecule has 2 N–H and O–H groups in total. The Morgan fingerprint density at radius 1 is 1.32 bits per heavy atom. The molecule has 6 nitrogen and oxygen atoms in total. The van der Waals surface area contributed by atoms with Crippen LogP contribution in [0.25, 0.3) is 11.1 Å². The standard InChI is InChI=1S/C21H29ClN4O2/c1-14-9-17(18(22)10-19(14)23)16-11-24-26(13-16)12-15-5-7-25(8-6-15)20(27)28-21(2,3)4/h9-11,13,15H,5-8,12,23H2,1-4H3. The summed E-state index contributed by atoms with van der Waals surface area (Å²) in [7, 11) is 0. The highest BCUT2D eigenvalue weighted by molar-refractivity contribution is 6.33. The Hall–Kier alpha value is -2.21. The first-order valence-electron chi connectivity index (χ1n) is 9.69. The van der Waals surface area contributed by atoms with Crippen LogP contribution < -0.4 is 5.73 Å². The van der Waals surface area contributed by atoms with Gasteiger partial charge in [-0.05, 0) is 64.2 Å². The van der Waals surface area contributed by atoms with Gasteiger partial charge in [-0.15, -0.1) is 0 Å². The van der Waals surface area contributed by atoms with Crippen molar-refractivity contribution in [1.29, 1.82) is 0 Å². The number of benzene rings is 1. The van der Waals surface area contributed by atoms with E-state index in [4.69, 9.17) is 22.1 Å². The predicted molar refractivity (Wildman–Crippen MR) is 112 cm³/mol. The summed E-state index contributed by atoms with van der Waals surface area (Å²) in [6.45, 7) is 9.91.